The second kappa shape index (κ2) is 8.78. The fraction of sp³-hybridized carbons (Fsp3) is 0.417. The van der Waals surface area contributed by atoms with Gasteiger partial charge in [-0.2, -0.15) is 0 Å². The van der Waals surface area contributed by atoms with Gasteiger partial charge < -0.3 is 10.0 Å². The highest BCUT2D eigenvalue weighted by Crippen LogP contribution is 2.24. The van der Waals surface area contributed by atoms with Crippen molar-refractivity contribution in [2.24, 2.45) is 5.92 Å². The van der Waals surface area contributed by atoms with Crippen LogP contribution in [0, 0.1) is 5.92 Å². The molecule has 0 unspecified atom stereocenters. The summed E-state index contributed by atoms with van der Waals surface area (Å²) in [4.78, 5) is 28.7. The van der Waals surface area contributed by atoms with Crippen molar-refractivity contribution in [3.63, 3.8) is 0 Å². The lowest BCUT2D eigenvalue weighted by atomic mass is 9.90. The molecule has 0 atom stereocenters. The van der Waals surface area contributed by atoms with Gasteiger partial charge in [-0.25, -0.2) is 0 Å². The van der Waals surface area contributed by atoms with Crippen molar-refractivity contribution >= 4 is 11.8 Å². The first-order chi connectivity index (χ1) is 14.1. The smallest absolute Gasteiger partial charge is 0.261 e. The standard InChI is InChI=1S/C24H28N2O3/c27-20-7-5-6-19(17-20)16-18-10-14-25(15-11-18)12-3-4-13-26-23(28)21-8-1-2-9-22(21)24(26)29/h1-2,5-9,17-18,27H,3-4,10-16H2. The maximum atomic E-state index is 12.4. The molecule has 0 aromatic heterocycles. The minimum Gasteiger partial charge on any atom is -0.508 e. The van der Waals surface area contributed by atoms with Crippen LogP contribution in [0.3, 0.4) is 0 Å². The fourth-order valence-corrected chi connectivity index (χ4v) is 4.48. The first-order valence-electron chi connectivity index (χ1n) is 10.6. The van der Waals surface area contributed by atoms with E-state index in [9.17, 15) is 14.7 Å². The van der Waals surface area contributed by atoms with Gasteiger partial charge in [0, 0.05) is 6.54 Å². The quantitative estimate of drug-likeness (QED) is 0.576. The zero-order chi connectivity index (χ0) is 20.2. The first kappa shape index (κ1) is 19.6. The van der Waals surface area contributed by atoms with E-state index in [0.29, 0.717) is 29.3 Å². The second-order valence-electron chi connectivity index (χ2n) is 8.17. The Balaban J connectivity index is 1.16. The number of likely N-dealkylation sites (tertiary alicyclic amines) is 1. The van der Waals surface area contributed by atoms with Gasteiger partial charge in [-0.3, -0.25) is 14.5 Å². The van der Waals surface area contributed by atoms with Crippen LogP contribution in [-0.4, -0.2) is 52.9 Å². The Kier molecular flexibility index (Phi) is 5.95. The SMILES string of the molecule is O=C1c2ccccc2C(=O)N1CCCCN1CCC(Cc2cccc(O)c2)CC1. The Bertz CT molecular complexity index is 852. The van der Waals surface area contributed by atoms with E-state index in [0.717, 1.165) is 38.9 Å². The van der Waals surface area contributed by atoms with E-state index in [1.165, 1.54) is 23.3 Å². The van der Waals surface area contributed by atoms with E-state index in [4.69, 9.17) is 0 Å². The van der Waals surface area contributed by atoms with E-state index < -0.39 is 0 Å². The molecule has 2 aromatic carbocycles. The Morgan fingerprint density at radius 1 is 0.862 bits per heavy atom. The van der Waals surface area contributed by atoms with Crippen molar-refractivity contribution in [3.8, 4) is 5.75 Å². The van der Waals surface area contributed by atoms with Crippen molar-refractivity contribution in [2.75, 3.05) is 26.2 Å². The summed E-state index contributed by atoms with van der Waals surface area (Å²) in [6, 6.07) is 14.7. The summed E-state index contributed by atoms with van der Waals surface area (Å²) in [6.45, 7) is 3.70. The van der Waals surface area contributed by atoms with Crippen LogP contribution in [0.5, 0.6) is 5.75 Å². The number of amides is 2. The molecule has 0 saturated carbocycles. The third kappa shape index (κ3) is 4.51. The van der Waals surface area contributed by atoms with E-state index in [-0.39, 0.29) is 11.8 Å². The molecular formula is C24H28N2O3. The fourth-order valence-electron chi connectivity index (χ4n) is 4.48. The van der Waals surface area contributed by atoms with Crippen LogP contribution < -0.4 is 0 Å². The zero-order valence-electron chi connectivity index (χ0n) is 16.7. The van der Waals surface area contributed by atoms with Gasteiger partial charge in [-0.05, 0) is 87.5 Å². The number of nitrogens with zero attached hydrogens (tertiary/aromatic N) is 2. The molecule has 5 heteroatoms. The lowest BCUT2D eigenvalue weighted by Crippen LogP contribution is -2.35. The second-order valence-corrected chi connectivity index (χ2v) is 8.17. The van der Waals surface area contributed by atoms with Crippen LogP contribution in [0.1, 0.15) is 52.0 Å². The van der Waals surface area contributed by atoms with Gasteiger partial charge in [0.1, 0.15) is 5.75 Å². The Morgan fingerprint density at radius 2 is 1.52 bits per heavy atom. The number of piperidine rings is 1. The van der Waals surface area contributed by atoms with E-state index in [1.54, 1.807) is 30.3 Å². The van der Waals surface area contributed by atoms with Gasteiger partial charge in [0.2, 0.25) is 0 Å². The number of benzene rings is 2. The predicted octanol–water partition coefficient (Wildman–Crippen LogP) is 3.72. The molecule has 0 aliphatic carbocycles. The van der Waals surface area contributed by atoms with E-state index in [2.05, 4.69) is 11.0 Å². The lowest BCUT2D eigenvalue weighted by Gasteiger charge is -2.32. The largest absolute Gasteiger partial charge is 0.508 e. The van der Waals surface area contributed by atoms with Gasteiger partial charge in [0.25, 0.3) is 11.8 Å². The molecule has 0 bridgehead atoms. The summed E-state index contributed by atoms with van der Waals surface area (Å²) in [6.07, 6.45) is 5.21. The number of hydrogen-bond acceptors (Lipinski definition) is 4. The summed E-state index contributed by atoms with van der Waals surface area (Å²) in [5, 5.41) is 9.61. The minimum atomic E-state index is -0.154. The molecule has 1 fully saturated rings. The highest BCUT2D eigenvalue weighted by atomic mass is 16.3. The van der Waals surface area contributed by atoms with Crippen LogP contribution >= 0.6 is 0 Å². The molecule has 1 N–H and O–H groups in total. The van der Waals surface area contributed by atoms with Crippen LogP contribution in [0.15, 0.2) is 48.5 Å². The average molecular weight is 392 g/mol. The first-order valence-corrected chi connectivity index (χ1v) is 10.6. The van der Waals surface area contributed by atoms with Crippen molar-refractivity contribution in [3.05, 3.63) is 65.2 Å². The average Bonchev–Trinajstić information content (AvgIpc) is 2.97. The predicted molar refractivity (Wildman–Crippen MR) is 112 cm³/mol. The molecule has 5 nitrogen and oxygen atoms in total. The molecule has 2 aliphatic heterocycles. The van der Waals surface area contributed by atoms with Gasteiger partial charge in [0.15, 0.2) is 0 Å². The molecule has 2 aromatic rings. The molecule has 2 amide bonds. The van der Waals surface area contributed by atoms with Crippen molar-refractivity contribution in [1.82, 2.24) is 9.80 Å². The monoisotopic (exact) mass is 392 g/mol. The molecule has 0 spiro atoms. The molecule has 4 rings (SSSR count). The molecule has 1 saturated heterocycles. The maximum Gasteiger partial charge on any atom is 0.261 e. The normalized spacial score (nSPS) is 17.7. The zero-order valence-corrected chi connectivity index (χ0v) is 16.7. The number of carbonyl (C=O) groups is 2. The number of phenolic OH excluding ortho intramolecular Hbond substituents is 1. The number of fused-ring (bicyclic) bond motifs is 1. The highest BCUT2D eigenvalue weighted by Gasteiger charge is 2.34. The Labute approximate surface area is 171 Å². The molecular weight excluding hydrogens is 364 g/mol. The summed E-state index contributed by atoms with van der Waals surface area (Å²) in [5.41, 5.74) is 2.28. The third-order valence-corrected chi connectivity index (χ3v) is 6.13. The number of carbonyl (C=O) groups excluding carboxylic acids is 2. The van der Waals surface area contributed by atoms with E-state index >= 15 is 0 Å². The third-order valence-electron chi connectivity index (χ3n) is 6.13. The summed E-state index contributed by atoms with van der Waals surface area (Å²) in [5.74, 6) is 0.709. The van der Waals surface area contributed by atoms with Crippen LogP contribution in [0.4, 0.5) is 0 Å². The van der Waals surface area contributed by atoms with Crippen LogP contribution in [-0.2, 0) is 6.42 Å². The lowest BCUT2D eigenvalue weighted by molar-refractivity contribution is 0.0649. The van der Waals surface area contributed by atoms with Gasteiger partial charge in [-0.1, -0.05) is 24.3 Å². The van der Waals surface area contributed by atoms with Crippen LogP contribution in [0.2, 0.25) is 0 Å². The maximum absolute atomic E-state index is 12.4. The topological polar surface area (TPSA) is 60.9 Å². The van der Waals surface area contributed by atoms with E-state index in [1.807, 2.05) is 12.1 Å². The molecule has 0 radical (unpaired) electrons. The molecule has 29 heavy (non-hydrogen) atoms. The molecule has 2 aliphatic rings. The summed E-state index contributed by atoms with van der Waals surface area (Å²) < 4.78 is 0. The number of unbranched alkanes of at least 4 members (excludes halogenated alkanes) is 1. The molecule has 2 heterocycles. The summed E-state index contributed by atoms with van der Waals surface area (Å²) in [7, 11) is 0. The number of rotatable bonds is 7. The Hall–Kier alpha value is -2.66. The number of aromatic hydroxyl groups is 1. The van der Waals surface area contributed by atoms with Gasteiger partial charge >= 0.3 is 0 Å². The van der Waals surface area contributed by atoms with Gasteiger partial charge in [0.05, 0.1) is 11.1 Å². The minimum absolute atomic E-state index is 0.154. The van der Waals surface area contributed by atoms with Gasteiger partial charge in [-0.15, -0.1) is 0 Å². The number of hydrogen-bond donors (Lipinski definition) is 1. The summed E-state index contributed by atoms with van der Waals surface area (Å²) >= 11 is 0. The van der Waals surface area contributed by atoms with Crippen molar-refractivity contribution < 1.29 is 14.7 Å². The van der Waals surface area contributed by atoms with Crippen molar-refractivity contribution in [2.45, 2.75) is 32.1 Å². The highest BCUT2D eigenvalue weighted by molar-refractivity contribution is 6.21. The Morgan fingerprint density at radius 3 is 2.17 bits per heavy atom. The number of imide groups is 1. The molecule has 152 valence electrons. The number of phenols is 1. The van der Waals surface area contributed by atoms with Crippen molar-refractivity contribution in [1.29, 1.82) is 0 Å². The van der Waals surface area contributed by atoms with Crippen LogP contribution in [0.25, 0.3) is 0 Å².